The third-order valence-electron chi connectivity index (χ3n) is 3.97. The first-order chi connectivity index (χ1) is 9.33. The van der Waals surface area contributed by atoms with E-state index in [9.17, 15) is 0 Å². The summed E-state index contributed by atoms with van der Waals surface area (Å²) in [7, 11) is 0. The van der Waals surface area contributed by atoms with Crippen molar-refractivity contribution < 1.29 is 0 Å². The lowest BCUT2D eigenvalue weighted by Crippen LogP contribution is -2.39. The third-order valence-corrected chi connectivity index (χ3v) is 3.97. The van der Waals surface area contributed by atoms with Crippen LogP contribution in [0.1, 0.15) is 66.7 Å². The maximum absolute atomic E-state index is 5.43. The number of hydrogen-bond acceptors (Lipinski definition) is 3. The molecule has 0 aromatic rings. The van der Waals surface area contributed by atoms with E-state index in [1.165, 1.54) is 32.1 Å². The second-order valence-corrected chi connectivity index (χ2v) is 6.95. The highest BCUT2D eigenvalue weighted by molar-refractivity contribution is 4.88. The molecule has 0 saturated carbocycles. The molecule has 120 valence electrons. The third kappa shape index (κ3) is 11.4. The Morgan fingerprint density at radius 1 is 0.900 bits per heavy atom. The number of rotatable bonds is 12. The fraction of sp³-hybridized carbons (Fsp3) is 0.882. The van der Waals surface area contributed by atoms with Crippen LogP contribution >= 0.6 is 0 Å². The van der Waals surface area contributed by atoms with Gasteiger partial charge in [-0.25, -0.2) is 0 Å². The molecule has 4 N–H and O–H groups in total. The van der Waals surface area contributed by atoms with Gasteiger partial charge in [0.25, 0.3) is 0 Å². The first kappa shape index (κ1) is 19.6. The Labute approximate surface area is 126 Å². The van der Waals surface area contributed by atoms with Crippen LogP contribution in [0.15, 0.2) is 12.2 Å². The van der Waals surface area contributed by atoms with Gasteiger partial charge in [-0.3, -0.25) is 0 Å². The summed E-state index contributed by atoms with van der Waals surface area (Å²) in [6, 6.07) is 0. The lowest BCUT2D eigenvalue weighted by Gasteiger charge is -2.26. The SMILES string of the molecule is CCC(C)(C)NCCCCCC(C)(C)NC/C=C/CN. The Morgan fingerprint density at radius 2 is 1.60 bits per heavy atom. The van der Waals surface area contributed by atoms with Crippen LogP contribution in [-0.2, 0) is 0 Å². The number of hydrogen-bond donors (Lipinski definition) is 3. The average molecular weight is 284 g/mol. The van der Waals surface area contributed by atoms with Gasteiger partial charge in [-0.1, -0.05) is 31.9 Å². The molecule has 0 atom stereocenters. The van der Waals surface area contributed by atoms with Crippen LogP contribution < -0.4 is 16.4 Å². The smallest absolute Gasteiger partial charge is 0.0140 e. The van der Waals surface area contributed by atoms with Gasteiger partial charge in [-0.05, 0) is 53.5 Å². The first-order valence-electron chi connectivity index (χ1n) is 8.18. The minimum atomic E-state index is 0.217. The van der Waals surface area contributed by atoms with Crippen molar-refractivity contribution in [2.45, 2.75) is 77.8 Å². The molecule has 0 heterocycles. The molecular formula is C17H37N3. The highest BCUT2D eigenvalue weighted by Gasteiger charge is 2.15. The molecule has 0 rings (SSSR count). The van der Waals surface area contributed by atoms with Crippen molar-refractivity contribution in [2.24, 2.45) is 5.73 Å². The zero-order valence-corrected chi connectivity index (χ0v) is 14.4. The Morgan fingerprint density at radius 3 is 2.20 bits per heavy atom. The summed E-state index contributed by atoms with van der Waals surface area (Å²) < 4.78 is 0. The summed E-state index contributed by atoms with van der Waals surface area (Å²) in [4.78, 5) is 0. The largest absolute Gasteiger partial charge is 0.327 e. The van der Waals surface area contributed by atoms with E-state index in [1.807, 2.05) is 6.08 Å². The topological polar surface area (TPSA) is 50.1 Å². The normalized spacial score (nSPS) is 13.3. The lowest BCUT2D eigenvalue weighted by molar-refractivity contribution is 0.348. The van der Waals surface area contributed by atoms with Gasteiger partial charge >= 0.3 is 0 Å². The van der Waals surface area contributed by atoms with Crippen molar-refractivity contribution in [1.29, 1.82) is 0 Å². The molecule has 0 aromatic carbocycles. The van der Waals surface area contributed by atoms with Crippen LogP contribution in [0.5, 0.6) is 0 Å². The maximum Gasteiger partial charge on any atom is 0.0140 e. The van der Waals surface area contributed by atoms with Gasteiger partial charge in [0.1, 0.15) is 0 Å². The van der Waals surface area contributed by atoms with Gasteiger partial charge in [0.05, 0.1) is 0 Å². The van der Waals surface area contributed by atoms with Crippen LogP contribution in [-0.4, -0.2) is 30.7 Å². The minimum Gasteiger partial charge on any atom is -0.327 e. The van der Waals surface area contributed by atoms with Crippen molar-refractivity contribution in [1.82, 2.24) is 10.6 Å². The maximum atomic E-state index is 5.43. The van der Waals surface area contributed by atoms with Crippen molar-refractivity contribution in [3.8, 4) is 0 Å². The Kier molecular flexibility index (Phi) is 10.2. The molecule has 0 aromatic heterocycles. The predicted octanol–water partition coefficient (Wildman–Crippen LogP) is 3.21. The molecule has 0 unspecified atom stereocenters. The monoisotopic (exact) mass is 283 g/mol. The molecule has 0 radical (unpaired) electrons. The van der Waals surface area contributed by atoms with Gasteiger partial charge in [0.2, 0.25) is 0 Å². The molecule has 0 aliphatic heterocycles. The Bertz CT molecular complexity index is 257. The fourth-order valence-electron chi connectivity index (χ4n) is 2.02. The van der Waals surface area contributed by atoms with Gasteiger partial charge in [-0.15, -0.1) is 0 Å². The first-order valence-corrected chi connectivity index (χ1v) is 8.18. The van der Waals surface area contributed by atoms with Crippen molar-refractivity contribution in [2.75, 3.05) is 19.6 Å². The second kappa shape index (κ2) is 10.4. The molecular weight excluding hydrogens is 246 g/mol. The van der Waals surface area contributed by atoms with Crippen LogP contribution in [0, 0.1) is 0 Å². The molecule has 0 saturated heterocycles. The molecule has 3 nitrogen and oxygen atoms in total. The van der Waals surface area contributed by atoms with Gasteiger partial charge in [0, 0.05) is 24.2 Å². The number of unbranched alkanes of at least 4 members (excludes halogenated alkanes) is 2. The van der Waals surface area contributed by atoms with Crippen molar-refractivity contribution >= 4 is 0 Å². The average Bonchev–Trinajstić information content (AvgIpc) is 2.39. The zero-order valence-electron chi connectivity index (χ0n) is 14.4. The summed E-state index contributed by atoms with van der Waals surface area (Å²) >= 11 is 0. The van der Waals surface area contributed by atoms with E-state index in [1.54, 1.807) is 0 Å². The quantitative estimate of drug-likeness (QED) is 0.381. The highest BCUT2D eigenvalue weighted by Crippen LogP contribution is 2.14. The molecule has 0 fully saturated rings. The standard InChI is InChI=1S/C17H37N3/c1-6-16(2,3)19-14-10-7-8-12-17(4,5)20-15-11-9-13-18/h9,11,19-20H,6-8,10,12-15,18H2,1-5H3/b11-9+. The molecule has 0 aliphatic carbocycles. The van der Waals surface area contributed by atoms with E-state index < -0.39 is 0 Å². The number of nitrogens with two attached hydrogens (primary N) is 1. The predicted molar refractivity (Wildman–Crippen MR) is 91.1 cm³/mol. The molecule has 0 bridgehead atoms. The second-order valence-electron chi connectivity index (χ2n) is 6.95. The van der Waals surface area contributed by atoms with E-state index in [-0.39, 0.29) is 11.1 Å². The van der Waals surface area contributed by atoms with Crippen molar-refractivity contribution in [3.63, 3.8) is 0 Å². The fourth-order valence-corrected chi connectivity index (χ4v) is 2.02. The summed E-state index contributed by atoms with van der Waals surface area (Å²) in [5.41, 5.74) is 5.93. The minimum absolute atomic E-state index is 0.217. The van der Waals surface area contributed by atoms with Crippen LogP contribution in [0.3, 0.4) is 0 Å². The van der Waals surface area contributed by atoms with E-state index in [0.717, 1.165) is 13.1 Å². The molecule has 20 heavy (non-hydrogen) atoms. The molecule has 0 spiro atoms. The van der Waals surface area contributed by atoms with Gasteiger partial charge in [-0.2, -0.15) is 0 Å². The van der Waals surface area contributed by atoms with Gasteiger partial charge in [0.15, 0.2) is 0 Å². The highest BCUT2D eigenvalue weighted by atomic mass is 14.9. The summed E-state index contributed by atoms with van der Waals surface area (Å²) in [6.07, 6.45) is 10.4. The van der Waals surface area contributed by atoms with E-state index in [0.29, 0.717) is 6.54 Å². The lowest BCUT2D eigenvalue weighted by atomic mass is 9.96. The molecule has 0 aliphatic rings. The Balaban J connectivity index is 3.60. The Hall–Kier alpha value is -0.380. The van der Waals surface area contributed by atoms with Crippen LogP contribution in [0.25, 0.3) is 0 Å². The summed E-state index contributed by atoms with van der Waals surface area (Å²) in [5.74, 6) is 0. The zero-order chi connectivity index (χ0) is 15.5. The van der Waals surface area contributed by atoms with Crippen LogP contribution in [0.2, 0.25) is 0 Å². The van der Waals surface area contributed by atoms with E-state index in [4.69, 9.17) is 5.73 Å². The number of nitrogens with one attached hydrogen (secondary N) is 2. The van der Waals surface area contributed by atoms with E-state index in [2.05, 4.69) is 51.3 Å². The molecule has 0 amide bonds. The van der Waals surface area contributed by atoms with Crippen LogP contribution in [0.4, 0.5) is 0 Å². The van der Waals surface area contributed by atoms with E-state index >= 15 is 0 Å². The van der Waals surface area contributed by atoms with Crippen molar-refractivity contribution in [3.05, 3.63) is 12.2 Å². The summed E-state index contributed by atoms with van der Waals surface area (Å²) in [6.45, 7) is 14.0. The molecule has 3 heteroatoms. The van der Waals surface area contributed by atoms with Gasteiger partial charge < -0.3 is 16.4 Å². The summed E-state index contributed by atoms with van der Waals surface area (Å²) in [5, 5.41) is 7.18.